The molecule has 0 saturated carbocycles. The number of aromatic nitrogens is 1. The first kappa shape index (κ1) is 29.0. The molecular formula is C38H32N3OPt-3. The maximum absolute atomic E-state index is 6.54. The van der Waals surface area contributed by atoms with Gasteiger partial charge in [0, 0.05) is 32.9 Å². The smallest absolute Gasteiger partial charge is 0.217 e. The molecule has 5 heteroatoms. The van der Waals surface area contributed by atoms with Crippen molar-refractivity contribution in [3.05, 3.63) is 162 Å². The third kappa shape index (κ3) is 4.98. The summed E-state index contributed by atoms with van der Waals surface area (Å²) in [6, 6.07) is 42.9. The zero-order chi connectivity index (χ0) is 28.9. The van der Waals surface area contributed by atoms with Gasteiger partial charge < -0.3 is 14.5 Å². The molecule has 0 radical (unpaired) electrons. The number of hydrogen-bond donors (Lipinski definition) is 0. The van der Waals surface area contributed by atoms with E-state index in [1.54, 1.807) is 0 Å². The molecule has 1 aliphatic carbocycles. The minimum absolute atomic E-state index is 0. The zero-order valence-corrected chi connectivity index (χ0v) is 26.9. The molecule has 0 amide bonds. The van der Waals surface area contributed by atoms with E-state index in [0.717, 1.165) is 22.5 Å². The molecule has 218 valence electrons. The van der Waals surface area contributed by atoms with Crippen LogP contribution in [0.1, 0.15) is 48.7 Å². The summed E-state index contributed by atoms with van der Waals surface area (Å²) in [5.74, 6) is 1.15. The van der Waals surface area contributed by atoms with Gasteiger partial charge in [-0.3, -0.25) is 0 Å². The van der Waals surface area contributed by atoms with Crippen molar-refractivity contribution in [1.82, 2.24) is 9.88 Å². The molecule has 0 bridgehead atoms. The van der Waals surface area contributed by atoms with Crippen LogP contribution in [0, 0.1) is 18.8 Å². The number of fused-ring (bicyclic) bond motifs is 3. The summed E-state index contributed by atoms with van der Waals surface area (Å²) in [6.45, 7) is 8.69. The van der Waals surface area contributed by atoms with E-state index >= 15 is 0 Å². The van der Waals surface area contributed by atoms with Crippen molar-refractivity contribution in [1.29, 1.82) is 0 Å². The molecule has 43 heavy (non-hydrogen) atoms. The van der Waals surface area contributed by atoms with Crippen LogP contribution in [0.15, 0.2) is 116 Å². The Labute approximate surface area is 268 Å². The fourth-order valence-corrected chi connectivity index (χ4v) is 6.10. The van der Waals surface area contributed by atoms with Gasteiger partial charge >= 0.3 is 0 Å². The molecule has 2 heterocycles. The van der Waals surface area contributed by atoms with Gasteiger partial charge in [0.1, 0.15) is 0 Å². The van der Waals surface area contributed by atoms with Crippen molar-refractivity contribution < 1.29 is 25.8 Å². The molecule has 0 saturated heterocycles. The van der Waals surface area contributed by atoms with Crippen LogP contribution >= 0.6 is 0 Å². The van der Waals surface area contributed by atoms with E-state index in [4.69, 9.17) is 9.72 Å². The second kappa shape index (κ2) is 11.2. The van der Waals surface area contributed by atoms with Crippen molar-refractivity contribution in [2.45, 2.75) is 31.6 Å². The van der Waals surface area contributed by atoms with Gasteiger partial charge in [0.25, 0.3) is 0 Å². The normalized spacial score (nSPS) is 14.7. The quantitative estimate of drug-likeness (QED) is 0.166. The molecule has 0 fully saturated rings. The van der Waals surface area contributed by atoms with E-state index in [-0.39, 0.29) is 26.5 Å². The summed E-state index contributed by atoms with van der Waals surface area (Å²) in [5.41, 5.74) is 8.06. The van der Waals surface area contributed by atoms with Crippen LogP contribution in [0.5, 0.6) is 11.6 Å². The standard InChI is InChI=1S/C38H32N3O.Pt/c1-37(2,3)28-23-35(39-36(24-28)42-30-16-12-15-29(25-30)41-22-21-40(4)26-41)38(27-13-6-5-7-14-27)33-19-10-8-17-31(33)32-18-9-11-20-34(32)38;/h5-13,15-24,26H,1-4H3;/q-3;. The summed E-state index contributed by atoms with van der Waals surface area (Å²) >= 11 is 0. The van der Waals surface area contributed by atoms with Crippen molar-refractivity contribution in [2.75, 3.05) is 11.9 Å². The molecule has 0 atom stereocenters. The second-order valence-electron chi connectivity index (χ2n) is 11.9. The minimum Gasteiger partial charge on any atom is -0.510 e. The van der Waals surface area contributed by atoms with E-state index in [2.05, 4.69) is 106 Å². The monoisotopic (exact) mass is 741 g/mol. The maximum Gasteiger partial charge on any atom is 0.217 e. The number of anilines is 1. The Hall–Kier alpha value is -4.14. The van der Waals surface area contributed by atoms with Crippen molar-refractivity contribution in [2.24, 2.45) is 0 Å². The summed E-state index contributed by atoms with van der Waals surface area (Å²) in [7, 11) is 2.00. The first-order chi connectivity index (χ1) is 20.3. The summed E-state index contributed by atoms with van der Waals surface area (Å²) in [4.78, 5) is 9.32. The Kier molecular flexibility index (Phi) is 7.52. The Morgan fingerprint density at radius 3 is 2.14 bits per heavy atom. The first-order valence-corrected chi connectivity index (χ1v) is 14.3. The van der Waals surface area contributed by atoms with Gasteiger partial charge in [0.05, 0.1) is 11.1 Å². The van der Waals surface area contributed by atoms with Crippen molar-refractivity contribution in [3.8, 4) is 22.8 Å². The van der Waals surface area contributed by atoms with Gasteiger partial charge in [-0.1, -0.05) is 69.3 Å². The Bertz CT molecular complexity index is 1760. The Morgan fingerprint density at radius 2 is 1.51 bits per heavy atom. The molecule has 4 nitrogen and oxygen atoms in total. The van der Waals surface area contributed by atoms with Crippen LogP contribution in [0.25, 0.3) is 11.1 Å². The Morgan fingerprint density at radius 1 is 0.814 bits per heavy atom. The number of ether oxygens (including phenoxy) is 1. The Balaban J connectivity index is 0.00000329. The third-order valence-corrected chi connectivity index (χ3v) is 8.13. The maximum atomic E-state index is 6.54. The van der Waals surface area contributed by atoms with E-state index in [1.165, 1.54) is 22.3 Å². The van der Waals surface area contributed by atoms with Gasteiger partial charge in [-0.15, -0.1) is 29.4 Å². The predicted octanol–water partition coefficient (Wildman–Crippen LogP) is 8.47. The van der Waals surface area contributed by atoms with Gasteiger partial charge in [0.15, 0.2) is 0 Å². The number of rotatable bonds is 5. The average Bonchev–Trinajstić information content (AvgIpc) is 3.57. The number of benzene rings is 4. The molecule has 1 aromatic heterocycles. The van der Waals surface area contributed by atoms with Crippen molar-refractivity contribution in [3.63, 3.8) is 0 Å². The van der Waals surface area contributed by atoms with Crippen molar-refractivity contribution >= 4 is 5.69 Å². The van der Waals surface area contributed by atoms with E-state index in [0.29, 0.717) is 11.6 Å². The first-order valence-electron chi connectivity index (χ1n) is 14.3. The molecule has 1 aliphatic heterocycles. The second-order valence-corrected chi connectivity index (χ2v) is 11.9. The third-order valence-electron chi connectivity index (χ3n) is 8.13. The van der Waals surface area contributed by atoms with E-state index < -0.39 is 5.41 Å². The summed E-state index contributed by atoms with van der Waals surface area (Å²) in [6.07, 6.45) is 4.00. The van der Waals surface area contributed by atoms with Crippen LogP contribution in [0.3, 0.4) is 0 Å². The van der Waals surface area contributed by atoms with Crippen LogP contribution < -0.4 is 9.64 Å². The topological polar surface area (TPSA) is 28.6 Å². The molecule has 2 aliphatic rings. The van der Waals surface area contributed by atoms with Crippen LogP contribution in [-0.4, -0.2) is 16.9 Å². The van der Waals surface area contributed by atoms with Crippen LogP contribution in [0.4, 0.5) is 5.69 Å². The molecule has 4 aromatic carbocycles. The number of nitrogens with zero attached hydrogens (tertiary/aromatic N) is 3. The molecule has 5 aromatic rings. The molecule has 0 N–H and O–H groups in total. The largest absolute Gasteiger partial charge is 0.510 e. The van der Waals surface area contributed by atoms with Gasteiger partial charge in [-0.2, -0.15) is 43.1 Å². The minimum atomic E-state index is -0.654. The summed E-state index contributed by atoms with van der Waals surface area (Å²) in [5, 5.41) is 0. The molecule has 0 spiro atoms. The zero-order valence-electron chi connectivity index (χ0n) is 24.6. The van der Waals surface area contributed by atoms with E-state index in [1.807, 2.05) is 66.2 Å². The average molecular weight is 742 g/mol. The number of hydrogen-bond acceptors (Lipinski definition) is 4. The molecule has 0 unspecified atom stereocenters. The van der Waals surface area contributed by atoms with Gasteiger partial charge in [0.2, 0.25) is 5.88 Å². The predicted molar refractivity (Wildman–Crippen MR) is 168 cm³/mol. The van der Waals surface area contributed by atoms with Crippen LogP contribution in [-0.2, 0) is 31.9 Å². The fourth-order valence-electron chi connectivity index (χ4n) is 6.10. The number of pyridine rings is 1. The van der Waals surface area contributed by atoms with Gasteiger partial charge in [-0.25, -0.2) is 4.98 Å². The summed E-state index contributed by atoms with van der Waals surface area (Å²) < 4.78 is 6.54. The van der Waals surface area contributed by atoms with Crippen LogP contribution in [0.2, 0.25) is 0 Å². The molecular weight excluding hydrogens is 710 g/mol. The van der Waals surface area contributed by atoms with Gasteiger partial charge in [-0.05, 0) is 58.7 Å². The fraction of sp³-hybridized carbons (Fsp3) is 0.158. The molecule has 7 rings (SSSR count). The van der Waals surface area contributed by atoms with E-state index in [9.17, 15) is 0 Å². The SMILES string of the molecule is CN1C=CN(c2[c-]c(Oc3cc(C(C)(C)C)cc(C4(c5[c-]cccc5)c5ccccc5-c5ccccc54)n3)ccc2)[CH-]1.[Pt].